The van der Waals surface area contributed by atoms with Crippen LogP contribution in [0.3, 0.4) is 0 Å². The summed E-state index contributed by atoms with van der Waals surface area (Å²) in [5.41, 5.74) is 1.37. The molecule has 0 heterocycles. The summed E-state index contributed by atoms with van der Waals surface area (Å²) in [6.45, 7) is 17.0. The molecule has 1 N–H and O–H groups in total. The van der Waals surface area contributed by atoms with Gasteiger partial charge in [-0.3, -0.25) is 4.79 Å². The first-order chi connectivity index (χ1) is 12.7. The molecule has 0 amide bonds. The van der Waals surface area contributed by atoms with E-state index < -0.39 is 0 Å². The molecule has 3 aliphatic carbocycles. The van der Waals surface area contributed by atoms with Crippen LogP contribution in [0.2, 0.25) is 0 Å². The van der Waals surface area contributed by atoms with Crippen LogP contribution in [0.1, 0.15) is 86.0 Å². The van der Waals surface area contributed by atoms with Crippen LogP contribution in [0.25, 0.3) is 0 Å². The van der Waals surface area contributed by atoms with E-state index >= 15 is 0 Å². The Morgan fingerprint density at radius 1 is 0.963 bits per heavy atom. The van der Waals surface area contributed by atoms with Crippen LogP contribution in [0, 0.1) is 46.8 Å². The van der Waals surface area contributed by atoms with Crippen molar-refractivity contribution in [3.8, 4) is 0 Å². The normalized spacial score (nSPS) is 38.8. The third-order valence-corrected chi connectivity index (χ3v) is 8.15. The van der Waals surface area contributed by atoms with Gasteiger partial charge in [0.05, 0.1) is 0 Å². The summed E-state index contributed by atoms with van der Waals surface area (Å²) in [5, 5.41) is 3.66. The van der Waals surface area contributed by atoms with Gasteiger partial charge in [-0.05, 0) is 73.5 Å². The molecule has 27 heavy (non-hydrogen) atoms. The van der Waals surface area contributed by atoms with Gasteiger partial charge in [-0.2, -0.15) is 0 Å². The maximum absolute atomic E-state index is 12.8. The molecule has 154 valence electrons. The van der Waals surface area contributed by atoms with Crippen molar-refractivity contribution in [2.24, 2.45) is 46.8 Å². The third kappa shape index (κ3) is 5.39. The van der Waals surface area contributed by atoms with Gasteiger partial charge < -0.3 is 5.32 Å². The van der Waals surface area contributed by atoms with Crippen molar-refractivity contribution >= 4 is 5.78 Å². The van der Waals surface area contributed by atoms with Crippen LogP contribution in [-0.4, -0.2) is 12.3 Å². The van der Waals surface area contributed by atoms with Crippen molar-refractivity contribution in [2.75, 3.05) is 6.54 Å². The minimum atomic E-state index is 0.141. The number of nitrogens with one attached hydrogen (secondary N) is 1. The Bertz CT molecular complexity index is 527. The topological polar surface area (TPSA) is 29.1 Å². The van der Waals surface area contributed by atoms with Crippen molar-refractivity contribution in [2.45, 2.75) is 86.0 Å². The molecule has 0 radical (unpaired) electrons. The van der Waals surface area contributed by atoms with Gasteiger partial charge in [0, 0.05) is 30.5 Å². The molecule has 0 bridgehead atoms. The lowest BCUT2D eigenvalue weighted by Crippen LogP contribution is -2.35. The highest BCUT2D eigenvalue weighted by atomic mass is 16.1. The van der Waals surface area contributed by atoms with Gasteiger partial charge in [-0.15, -0.1) is 0 Å². The van der Waals surface area contributed by atoms with E-state index in [2.05, 4.69) is 46.5 Å². The van der Waals surface area contributed by atoms with Crippen LogP contribution in [0.15, 0.2) is 12.3 Å². The molecule has 2 heteroatoms. The van der Waals surface area contributed by atoms with Gasteiger partial charge in [0.1, 0.15) is 5.78 Å². The Morgan fingerprint density at radius 2 is 1.67 bits per heavy atom. The van der Waals surface area contributed by atoms with Crippen molar-refractivity contribution < 1.29 is 4.79 Å². The first-order valence-electron chi connectivity index (χ1n) is 11.6. The molecular weight excluding hydrogens is 330 g/mol. The summed E-state index contributed by atoms with van der Waals surface area (Å²) in [6, 6.07) is 0. The second-order valence-electron chi connectivity index (χ2n) is 11.3. The minimum Gasteiger partial charge on any atom is -0.388 e. The summed E-state index contributed by atoms with van der Waals surface area (Å²) < 4.78 is 0. The second-order valence-corrected chi connectivity index (χ2v) is 11.3. The lowest BCUT2D eigenvalue weighted by molar-refractivity contribution is -0.126. The predicted octanol–water partition coefficient (Wildman–Crippen LogP) is 6.22. The molecule has 3 saturated carbocycles. The van der Waals surface area contributed by atoms with E-state index in [4.69, 9.17) is 0 Å². The molecule has 0 saturated heterocycles. The van der Waals surface area contributed by atoms with Crippen LogP contribution in [0.5, 0.6) is 0 Å². The number of ketones is 1. The maximum atomic E-state index is 12.8. The highest BCUT2D eigenvalue weighted by Crippen LogP contribution is 2.53. The first-order valence-corrected chi connectivity index (χ1v) is 11.6. The predicted molar refractivity (Wildman–Crippen MR) is 114 cm³/mol. The van der Waals surface area contributed by atoms with E-state index in [1.165, 1.54) is 44.2 Å². The van der Waals surface area contributed by atoms with Gasteiger partial charge in [0.15, 0.2) is 0 Å². The SMILES string of the molecule is C=C(NCC(C)(C)CCC(=O)C1CC2CC2CC1C)C1CC(C)CCC1C. The molecule has 0 aromatic heterocycles. The van der Waals surface area contributed by atoms with Gasteiger partial charge >= 0.3 is 0 Å². The lowest BCUT2D eigenvalue weighted by atomic mass is 9.74. The largest absolute Gasteiger partial charge is 0.388 e. The molecule has 0 aliphatic heterocycles. The number of rotatable bonds is 8. The Labute approximate surface area is 168 Å². The molecule has 0 aromatic carbocycles. The number of carbonyl (C=O) groups is 1. The van der Waals surface area contributed by atoms with Crippen LogP contribution >= 0.6 is 0 Å². The number of Topliss-reactive ketones (excluding diaryl/α,β-unsaturated/α-hetero) is 1. The van der Waals surface area contributed by atoms with Crippen LogP contribution in [0.4, 0.5) is 0 Å². The molecule has 2 nitrogen and oxygen atoms in total. The summed E-state index contributed by atoms with van der Waals surface area (Å²) >= 11 is 0. The van der Waals surface area contributed by atoms with Crippen LogP contribution < -0.4 is 5.32 Å². The Kier molecular flexibility index (Phi) is 6.43. The molecule has 0 aromatic rings. The molecule has 7 unspecified atom stereocenters. The average Bonchev–Trinajstić information content (AvgIpc) is 3.37. The number of hydrogen-bond acceptors (Lipinski definition) is 2. The Balaban J connectivity index is 1.42. The second kappa shape index (κ2) is 8.29. The standard InChI is InChI=1S/C25H43NO/c1-16-7-8-17(2)22(11-16)19(4)26-15-25(5,6)10-9-24(27)23-14-21-13-20(21)12-18(23)3/h16-18,20-23,26H,4,7-15H2,1-3,5-6H3. The molecule has 0 spiro atoms. The fourth-order valence-corrected chi connectivity index (χ4v) is 5.77. The molecule has 3 aliphatic rings. The zero-order valence-electron chi connectivity index (χ0n) is 18.5. The summed E-state index contributed by atoms with van der Waals surface area (Å²) in [4.78, 5) is 12.8. The molecular formula is C25H43NO. The van der Waals surface area contributed by atoms with Gasteiger partial charge in [0.2, 0.25) is 0 Å². The van der Waals surface area contributed by atoms with Gasteiger partial charge in [-0.1, -0.05) is 47.6 Å². The third-order valence-electron chi connectivity index (χ3n) is 8.15. The quantitative estimate of drug-likeness (QED) is 0.547. The Morgan fingerprint density at radius 3 is 2.41 bits per heavy atom. The zero-order valence-corrected chi connectivity index (χ0v) is 18.5. The number of fused-ring (bicyclic) bond motifs is 1. The van der Waals surface area contributed by atoms with Crippen molar-refractivity contribution in [1.29, 1.82) is 0 Å². The Hall–Kier alpha value is -0.790. The highest BCUT2D eigenvalue weighted by molar-refractivity contribution is 5.81. The van der Waals surface area contributed by atoms with E-state index in [0.717, 1.165) is 43.1 Å². The van der Waals surface area contributed by atoms with Gasteiger partial charge in [-0.25, -0.2) is 0 Å². The minimum absolute atomic E-state index is 0.141. The summed E-state index contributed by atoms with van der Waals surface area (Å²) in [6.07, 6.45) is 9.56. The molecule has 7 atom stereocenters. The first kappa shape index (κ1) is 20.9. The highest BCUT2D eigenvalue weighted by Gasteiger charge is 2.46. The molecule has 3 fully saturated rings. The van der Waals surface area contributed by atoms with E-state index in [1.807, 2.05) is 0 Å². The summed E-state index contributed by atoms with van der Waals surface area (Å²) in [7, 11) is 0. The number of allylic oxidation sites excluding steroid dienone is 1. The summed E-state index contributed by atoms with van der Waals surface area (Å²) in [5.74, 6) is 5.50. The fraction of sp³-hybridized carbons (Fsp3) is 0.880. The number of carbonyl (C=O) groups excluding carboxylic acids is 1. The van der Waals surface area contributed by atoms with E-state index in [9.17, 15) is 4.79 Å². The monoisotopic (exact) mass is 373 g/mol. The maximum Gasteiger partial charge on any atom is 0.136 e. The van der Waals surface area contributed by atoms with Crippen molar-refractivity contribution in [1.82, 2.24) is 5.32 Å². The molecule has 3 rings (SSSR count). The van der Waals surface area contributed by atoms with Crippen LogP contribution in [-0.2, 0) is 4.79 Å². The average molecular weight is 374 g/mol. The van der Waals surface area contributed by atoms with E-state index in [1.54, 1.807) is 0 Å². The smallest absolute Gasteiger partial charge is 0.136 e. The number of hydrogen-bond donors (Lipinski definition) is 1. The van der Waals surface area contributed by atoms with Crippen molar-refractivity contribution in [3.05, 3.63) is 12.3 Å². The van der Waals surface area contributed by atoms with E-state index in [0.29, 0.717) is 23.5 Å². The lowest BCUT2D eigenvalue weighted by Gasteiger charge is -2.36. The van der Waals surface area contributed by atoms with E-state index in [-0.39, 0.29) is 5.41 Å². The van der Waals surface area contributed by atoms with Gasteiger partial charge in [0.25, 0.3) is 0 Å². The zero-order chi connectivity index (χ0) is 19.8. The fourth-order valence-electron chi connectivity index (χ4n) is 5.77. The van der Waals surface area contributed by atoms with Crippen molar-refractivity contribution in [3.63, 3.8) is 0 Å².